The van der Waals surface area contributed by atoms with Gasteiger partial charge in [-0.15, -0.1) is 0 Å². The van der Waals surface area contributed by atoms with Crippen LogP contribution in [0.5, 0.6) is 17.2 Å². The van der Waals surface area contributed by atoms with Crippen molar-refractivity contribution >= 4 is 0 Å². The lowest BCUT2D eigenvalue weighted by Gasteiger charge is -2.19. The van der Waals surface area contributed by atoms with Crippen LogP contribution in [0.3, 0.4) is 0 Å². The second-order valence-corrected chi connectivity index (χ2v) is 9.86. The standard InChI is InChI=1S/C23H38O3/c1-22(2,3)12-9-7-11-18-17(19(24)16-20(25)21(18)26)10-6-5-8-13-23(4)14-15-23/h16,24-26H,5-15H2,1-4H3. The van der Waals surface area contributed by atoms with Gasteiger partial charge >= 0.3 is 0 Å². The zero-order valence-corrected chi connectivity index (χ0v) is 17.2. The van der Waals surface area contributed by atoms with Crippen molar-refractivity contribution in [3.63, 3.8) is 0 Å². The first-order chi connectivity index (χ1) is 12.1. The van der Waals surface area contributed by atoms with Gasteiger partial charge in [0.05, 0.1) is 0 Å². The summed E-state index contributed by atoms with van der Waals surface area (Å²) in [6.45, 7) is 9.07. The number of hydrogen-bond acceptors (Lipinski definition) is 3. The van der Waals surface area contributed by atoms with E-state index in [1.807, 2.05) is 0 Å². The molecule has 0 spiro atoms. The van der Waals surface area contributed by atoms with Crippen LogP contribution in [0.15, 0.2) is 6.07 Å². The Morgan fingerprint density at radius 3 is 2.08 bits per heavy atom. The molecular formula is C23H38O3. The second-order valence-electron chi connectivity index (χ2n) is 9.86. The van der Waals surface area contributed by atoms with Gasteiger partial charge in [-0.25, -0.2) is 0 Å². The van der Waals surface area contributed by atoms with E-state index in [2.05, 4.69) is 27.7 Å². The molecule has 1 fully saturated rings. The summed E-state index contributed by atoms with van der Waals surface area (Å²) >= 11 is 0. The van der Waals surface area contributed by atoms with Crippen molar-refractivity contribution in [2.24, 2.45) is 10.8 Å². The van der Waals surface area contributed by atoms with Crippen LogP contribution in [0.25, 0.3) is 0 Å². The van der Waals surface area contributed by atoms with Gasteiger partial charge in [0.1, 0.15) is 5.75 Å². The Balaban J connectivity index is 1.91. The van der Waals surface area contributed by atoms with Gasteiger partial charge in [-0.05, 0) is 62.2 Å². The third-order valence-corrected chi connectivity index (χ3v) is 5.89. The van der Waals surface area contributed by atoms with Crippen LogP contribution in [0.4, 0.5) is 0 Å². The molecule has 1 aromatic carbocycles. The van der Waals surface area contributed by atoms with Crippen molar-refractivity contribution in [3.8, 4) is 17.2 Å². The highest BCUT2D eigenvalue weighted by Gasteiger charge is 2.35. The van der Waals surface area contributed by atoms with Crippen molar-refractivity contribution in [1.29, 1.82) is 0 Å². The lowest BCUT2D eigenvalue weighted by molar-refractivity contribution is 0.358. The van der Waals surface area contributed by atoms with Gasteiger partial charge < -0.3 is 15.3 Å². The van der Waals surface area contributed by atoms with E-state index < -0.39 is 0 Å². The number of phenolic OH excluding ortho intramolecular Hbond substituents is 3. The second kappa shape index (κ2) is 8.54. The molecule has 2 rings (SSSR count). The highest BCUT2D eigenvalue weighted by molar-refractivity contribution is 5.55. The van der Waals surface area contributed by atoms with Crippen LogP contribution in [-0.2, 0) is 12.8 Å². The topological polar surface area (TPSA) is 60.7 Å². The molecule has 3 nitrogen and oxygen atoms in total. The van der Waals surface area contributed by atoms with E-state index in [-0.39, 0.29) is 17.2 Å². The maximum atomic E-state index is 10.3. The molecule has 0 atom stereocenters. The summed E-state index contributed by atoms with van der Waals surface area (Å²) in [6, 6.07) is 1.29. The van der Waals surface area contributed by atoms with Gasteiger partial charge in [0.2, 0.25) is 0 Å². The quantitative estimate of drug-likeness (QED) is 0.254. The molecular weight excluding hydrogens is 324 g/mol. The molecule has 3 heteroatoms. The summed E-state index contributed by atoms with van der Waals surface area (Å²) in [5.74, 6) is -0.127. The molecule has 0 amide bonds. The summed E-state index contributed by atoms with van der Waals surface area (Å²) in [6.07, 6.45) is 12.1. The summed E-state index contributed by atoms with van der Waals surface area (Å²) < 4.78 is 0. The molecule has 1 aliphatic rings. The van der Waals surface area contributed by atoms with Crippen LogP contribution >= 0.6 is 0 Å². The minimum Gasteiger partial charge on any atom is -0.508 e. The van der Waals surface area contributed by atoms with Crippen LogP contribution in [-0.4, -0.2) is 15.3 Å². The highest BCUT2D eigenvalue weighted by atomic mass is 16.3. The van der Waals surface area contributed by atoms with E-state index in [1.54, 1.807) is 0 Å². The van der Waals surface area contributed by atoms with Gasteiger partial charge in [0.25, 0.3) is 0 Å². The number of benzene rings is 1. The molecule has 1 saturated carbocycles. The predicted octanol–water partition coefficient (Wildman–Crippen LogP) is 6.47. The molecule has 0 aliphatic heterocycles. The van der Waals surface area contributed by atoms with Gasteiger partial charge in [-0.2, -0.15) is 0 Å². The molecule has 1 aromatic rings. The number of phenols is 3. The number of hydrogen-bond donors (Lipinski definition) is 3. The van der Waals surface area contributed by atoms with Crippen molar-refractivity contribution in [1.82, 2.24) is 0 Å². The molecule has 26 heavy (non-hydrogen) atoms. The normalized spacial score (nSPS) is 16.0. The van der Waals surface area contributed by atoms with Gasteiger partial charge in [0.15, 0.2) is 11.5 Å². The first-order valence-corrected chi connectivity index (χ1v) is 10.4. The fourth-order valence-corrected chi connectivity index (χ4v) is 3.74. The Morgan fingerprint density at radius 2 is 1.46 bits per heavy atom. The predicted molar refractivity (Wildman–Crippen MR) is 108 cm³/mol. The van der Waals surface area contributed by atoms with Crippen molar-refractivity contribution in [2.45, 2.75) is 98.3 Å². The minimum atomic E-state index is -0.210. The van der Waals surface area contributed by atoms with Crippen molar-refractivity contribution < 1.29 is 15.3 Å². The van der Waals surface area contributed by atoms with Crippen LogP contribution in [0.2, 0.25) is 0 Å². The largest absolute Gasteiger partial charge is 0.508 e. The van der Waals surface area contributed by atoms with Gasteiger partial charge in [-0.1, -0.05) is 47.0 Å². The van der Waals surface area contributed by atoms with E-state index in [1.165, 1.54) is 31.7 Å². The third-order valence-electron chi connectivity index (χ3n) is 5.89. The monoisotopic (exact) mass is 362 g/mol. The molecule has 0 radical (unpaired) electrons. The first kappa shape index (κ1) is 20.9. The zero-order chi connectivity index (χ0) is 19.4. The van der Waals surface area contributed by atoms with Gasteiger partial charge in [-0.3, -0.25) is 0 Å². The Kier molecular flexibility index (Phi) is 6.87. The lowest BCUT2D eigenvalue weighted by Crippen LogP contribution is -2.05. The van der Waals surface area contributed by atoms with Crippen molar-refractivity contribution in [3.05, 3.63) is 17.2 Å². The summed E-state index contributed by atoms with van der Waals surface area (Å²) in [5, 5.41) is 30.5. The molecule has 0 saturated heterocycles. The summed E-state index contributed by atoms with van der Waals surface area (Å²) in [4.78, 5) is 0. The molecule has 0 unspecified atom stereocenters. The third kappa shape index (κ3) is 6.41. The lowest BCUT2D eigenvalue weighted by atomic mass is 9.88. The van der Waals surface area contributed by atoms with Crippen molar-refractivity contribution in [2.75, 3.05) is 0 Å². The first-order valence-electron chi connectivity index (χ1n) is 10.4. The average Bonchev–Trinajstić information content (AvgIpc) is 3.26. The van der Waals surface area contributed by atoms with Crippen LogP contribution in [0, 0.1) is 10.8 Å². The molecule has 1 aliphatic carbocycles. The minimum absolute atomic E-state index is 0.0425. The van der Waals surface area contributed by atoms with E-state index in [9.17, 15) is 15.3 Å². The Bertz CT molecular complexity index is 594. The maximum absolute atomic E-state index is 10.3. The number of unbranched alkanes of at least 4 members (excludes halogenated alkanes) is 3. The fourth-order valence-electron chi connectivity index (χ4n) is 3.74. The maximum Gasteiger partial charge on any atom is 0.161 e. The van der Waals surface area contributed by atoms with Gasteiger partial charge in [0, 0.05) is 17.2 Å². The van der Waals surface area contributed by atoms with E-state index in [0.29, 0.717) is 17.3 Å². The molecule has 0 bridgehead atoms. The van der Waals surface area contributed by atoms with Crippen LogP contribution in [0.1, 0.15) is 96.6 Å². The van der Waals surface area contributed by atoms with E-state index >= 15 is 0 Å². The Hall–Kier alpha value is -1.38. The smallest absolute Gasteiger partial charge is 0.161 e. The molecule has 3 N–H and O–H groups in total. The fraction of sp³-hybridized carbons (Fsp3) is 0.739. The Morgan fingerprint density at radius 1 is 0.846 bits per heavy atom. The van der Waals surface area contributed by atoms with Crippen LogP contribution < -0.4 is 0 Å². The number of rotatable bonds is 10. The molecule has 148 valence electrons. The SMILES string of the molecule is CC(C)(C)CCCCc1c(O)c(O)cc(O)c1CCCCCC1(C)CC1. The zero-order valence-electron chi connectivity index (χ0n) is 17.2. The van der Waals surface area contributed by atoms with E-state index in [0.717, 1.165) is 49.7 Å². The summed E-state index contributed by atoms with van der Waals surface area (Å²) in [5.41, 5.74) is 2.49. The Labute approximate surface area is 159 Å². The molecule has 0 heterocycles. The molecule has 0 aromatic heterocycles. The summed E-state index contributed by atoms with van der Waals surface area (Å²) in [7, 11) is 0. The highest BCUT2D eigenvalue weighted by Crippen LogP contribution is 2.49. The average molecular weight is 363 g/mol. The number of aromatic hydroxyl groups is 3. The van der Waals surface area contributed by atoms with E-state index in [4.69, 9.17) is 0 Å².